The summed E-state index contributed by atoms with van der Waals surface area (Å²) < 4.78 is 5.61. The summed E-state index contributed by atoms with van der Waals surface area (Å²) in [5.74, 6) is 0.945. The second-order valence-corrected chi connectivity index (χ2v) is 4.39. The fourth-order valence-corrected chi connectivity index (χ4v) is 1.60. The van der Waals surface area contributed by atoms with Crippen LogP contribution in [0.1, 0.15) is 44.6 Å². The molecule has 18 heavy (non-hydrogen) atoms. The summed E-state index contributed by atoms with van der Waals surface area (Å²) in [4.78, 5) is 0. The molecule has 0 heterocycles. The molecule has 1 N–H and O–H groups in total. The van der Waals surface area contributed by atoms with Gasteiger partial charge in [-0.1, -0.05) is 37.6 Å². The number of hydrogen-bond acceptors (Lipinski definition) is 2. The largest absolute Gasteiger partial charge is 0.494 e. The van der Waals surface area contributed by atoms with Crippen molar-refractivity contribution in [2.45, 2.75) is 39.0 Å². The normalized spacial score (nSPS) is 11.0. The van der Waals surface area contributed by atoms with Crippen molar-refractivity contribution in [1.82, 2.24) is 0 Å². The smallest absolute Gasteiger partial charge is 0.119 e. The molecule has 0 radical (unpaired) electrons. The minimum absolute atomic E-state index is 0.289. The van der Waals surface area contributed by atoms with Crippen LogP contribution in [-0.4, -0.2) is 18.3 Å². The zero-order valence-corrected chi connectivity index (χ0v) is 11.3. The van der Waals surface area contributed by atoms with Gasteiger partial charge in [0.15, 0.2) is 0 Å². The second-order valence-electron chi connectivity index (χ2n) is 4.39. The number of rotatable bonds is 9. The quantitative estimate of drug-likeness (QED) is 0.668. The molecule has 0 unspecified atom stereocenters. The molecule has 0 spiro atoms. The third-order valence-corrected chi connectivity index (χ3v) is 2.74. The van der Waals surface area contributed by atoms with E-state index in [0.717, 1.165) is 44.5 Å². The van der Waals surface area contributed by atoms with Crippen LogP contribution in [-0.2, 0) is 0 Å². The Hall–Kier alpha value is -1.28. The van der Waals surface area contributed by atoms with E-state index in [-0.39, 0.29) is 6.61 Å². The molecule has 0 aliphatic heterocycles. The lowest BCUT2D eigenvalue weighted by molar-refractivity contribution is 0.285. The maximum atomic E-state index is 8.66. The van der Waals surface area contributed by atoms with E-state index in [4.69, 9.17) is 9.84 Å². The van der Waals surface area contributed by atoms with Gasteiger partial charge in [0.05, 0.1) is 6.61 Å². The Morgan fingerprint density at radius 1 is 1.11 bits per heavy atom. The SMILES string of the molecule is CCCCOc1ccc(/C=C/CCCCO)cc1. The number of benzene rings is 1. The first-order chi connectivity index (χ1) is 8.86. The number of unbranched alkanes of at least 4 members (excludes halogenated alkanes) is 3. The second kappa shape index (κ2) is 9.72. The van der Waals surface area contributed by atoms with Crippen LogP contribution in [0.3, 0.4) is 0 Å². The first-order valence-electron chi connectivity index (χ1n) is 6.87. The molecule has 100 valence electrons. The van der Waals surface area contributed by atoms with Gasteiger partial charge in [0.25, 0.3) is 0 Å². The lowest BCUT2D eigenvalue weighted by Gasteiger charge is -2.04. The summed E-state index contributed by atoms with van der Waals surface area (Å²) in [5, 5.41) is 8.66. The van der Waals surface area contributed by atoms with Gasteiger partial charge in [-0.3, -0.25) is 0 Å². The summed E-state index contributed by atoms with van der Waals surface area (Å²) in [5.41, 5.74) is 1.20. The van der Waals surface area contributed by atoms with Gasteiger partial charge >= 0.3 is 0 Å². The zero-order chi connectivity index (χ0) is 13.1. The maximum Gasteiger partial charge on any atom is 0.119 e. The molecule has 2 nitrogen and oxygen atoms in total. The summed E-state index contributed by atoms with van der Waals surface area (Å²) in [7, 11) is 0. The summed E-state index contributed by atoms with van der Waals surface area (Å²) >= 11 is 0. The Kier molecular flexibility index (Phi) is 7.98. The van der Waals surface area contributed by atoms with Crippen LogP contribution in [0.4, 0.5) is 0 Å². The molecule has 0 aromatic heterocycles. The summed E-state index contributed by atoms with van der Waals surface area (Å²) in [6.07, 6.45) is 9.49. The van der Waals surface area contributed by atoms with Crippen molar-refractivity contribution in [3.05, 3.63) is 35.9 Å². The Balaban J connectivity index is 2.30. The number of aliphatic hydroxyl groups excluding tert-OH is 1. The van der Waals surface area contributed by atoms with Gasteiger partial charge in [-0.15, -0.1) is 0 Å². The highest BCUT2D eigenvalue weighted by Gasteiger charge is 1.93. The van der Waals surface area contributed by atoms with E-state index < -0.39 is 0 Å². The van der Waals surface area contributed by atoms with Crippen molar-refractivity contribution >= 4 is 6.08 Å². The van der Waals surface area contributed by atoms with Gasteiger partial charge in [0.1, 0.15) is 5.75 Å². The fourth-order valence-electron chi connectivity index (χ4n) is 1.60. The zero-order valence-electron chi connectivity index (χ0n) is 11.3. The Morgan fingerprint density at radius 2 is 1.89 bits per heavy atom. The highest BCUT2D eigenvalue weighted by molar-refractivity contribution is 5.50. The number of ether oxygens (including phenoxy) is 1. The Bertz CT molecular complexity index is 327. The third-order valence-electron chi connectivity index (χ3n) is 2.74. The minimum atomic E-state index is 0.289. The van der Waals surface area contributed by atoms with E-state index in [1.165, 1.54) is 5.56 Å². The number of aliphatic hydroxyl groups is 1. The topological polar surface area (TPSA) is 29.5 Å². The molecule has 1 aromatic carbocycles. The molecule has 0 bridgehead atoms. The average molecular weight is 248 g/mol. The van der Waals surface area contributed by atoms with Crippen molar-refractivity contribution in [1.29, 1.82) is 0 Å². The van der Waals surface area contributed by atoms with E-state index in [1.54, 1.807) is 0 Å². The molecule has 0 fully saturated rings. The Labute approximate surface area is 110 Å². The highest BCUT2D eigenvalue weighted by atomic mass is 16.5. The van der Waals surface area contributed by atoms with Gasteiger partial charge in [-0.2, -0.15) is 0 Å². The molecular weight excluding hydrogens is 224 g/mol. The molecule has 1 rings (SSSR count). The first kappa shape index (κ1) is 14.8. The summed E-state index contributed by atoms with van der Waals surface area (Å²) in [6.45, 7) is 3.25. The van der Waals surface area contributed by atoms with Gasteiger partial charge in [0.2, 0.25) is 0 Å². The molecule has 2 heteroatoms. The predicted octanol–water partition coefficient (Wildman–Crippen LogP) is 4.04. The van der Waals surface area contributed by atoms with E-state index >= 15 is 0 Å². The standard InChI is InChI=1S/C16H24O2/c1-2-3-14-18-16-11-9-15(10-12-16)8-6-4-5-7-13-17/h6,8-12,17H,2-5,7,13-14H2,1H3/b8-6+. The molecule has 0 saturated carbocycles. The van der Waals surface area contributed by atoms with E-state index in [9.17, 15) is 0 Å². The fraction of sp³-hybridized carbons (Fsp3) is 0.500. The maximum absolute atomic E-state index is 8.66. The van der Waals surface area contributed by atoms with Crippen LogP contribution in [0.15, 0.2) is 30.3 Å². The van der Waals surface area contributed by atoms with E-state index in [2.05, 4.69) is 31.2 Å². The lowest BCUT2D eigenvalue weighted by atomic mass is 10.1. The molecular formula is C16H24O2. The van der Waals surface area contributed by atoms with Crippen molar-refractivity contribution < 1.29 is 9.84 Å². The molecule has 1 aromatic rings. The molecule has 0 aliphatic rings. The molecule has 0 aliphatic carbocycles. The van der Waals surface area contributed by atoms with Gasteiger partial charge in [-0.05, 0) is 43.4 Å². The van der Waals surface area contributed by atoms with Crippen LogP contribution in [0.25, 0.3) is 6.08 Å². The van der Waals surface area contributed by atoms with Crippen molar-refractivity contribution in [3.8, 4) is 5.75 Å². The van der Waals surface area contributed by atoms with Crippen LogP contribution in [0, 0.1) is 0 Å². The van der Waals surface area contributed by atoms with Gasteiger partial charge in [-0.25, -0.2) is 0 Å². The third kappa shape index (κ3) is 6.45. The highest BCUT2D eigenvalue weighted by Crippen LogP contribution is 2.14. The Morgan fingerprint density at radius 3 is 2.56 bits per heavy atom. The summed E-state index contributed by atoms with van der Waals surface area (Å²) in [6, 6.07) is 8.18. The van der Waals surface area contributed by atoms with Crippen LogP contribution in [0.2, 0.25) is 0 Å². The van der Waals surface area contributed by atoms with Crippen molar-refractivity contribution in [2.24, 2.45) is 0 Å². The van der Waals surface area contributed by atoms with Crippen LogP contribution >= 0.6 is 0 Å². The van der Waals surface area contributed by atoms with Gasteiger partial charge in [0, 0.05) is 6.61 Å². The molecule has 0 atom stereocenters. The van der Waals surface area contributed by atoms with E-state index in [0.29, 0.717) is 0 Å². The van der Waals surface area contributed by atoms with Gasteiger partial charge < -0.3 is 9.84 Å². The first-order valence-corrected chi connectivity index (χ1v) is 6.87. The van der Waals surface area contributed by atoms with Crippen molar-refractivity contribution in [3.63, 3.8) is 0 Å². The number of allylic oxidation sites excluding steroid dienone is 1. The van der Waals surface area contributed by atoms with E-state index in [1.807, 2.05) is 12.1 Å². The molecule has 0 amide bonds. The molecule has 0 saturated heterocycles. The number of hydrogen-bond donors (Lipinski definition) is 1. The monoisotopic (exact) mass is 248 g/mol. The van der Waals surface area contributed by atoms with Crippen LogP contribution < -0.4 is 4.74 Å². The average Bonchev–Trinajstić information content (AvgIpc) is 2.40. The van der Waals surface area contributed by atoms with Crippen molar-refractivity contribution in [2.75, 3.05) is 13.2 Å². The lowest BCUT2D eigenvalue weighted by Crippen LogP contribution is -1.95. The predicted molar refractivity (Wildman–Crippen MR) is 76.8 cm³/mol. The minimum Gasteiger partial charge on any atom is -0.494 e. The van der Waals surface area contributed by atoms with Crippen LogP contribution in [0.5, 0.6) is 5.75 Å².